The highest BCUT2D eigenvalue weighted by atomic mass is 15.2. The fourth-order valence-electron chi connectivity index (χ4n) is 20.2. The van der Waals surface area contributed by atoms with Gasteiger partial charge in [0.2, 0.25) is 0 Å². The molecule has 13 aromatic rings. The van der Waals surface area contributed by atoms with Gasteiger partial charge in [-0.15, -0.1) is 0 Å². The van der Waals surface area contributed by atoms with E-state index in [4.69, 9.17) is 0 Å². The van der Waals surface area contributed by atoms with Gasteiger partial charge in [-0.2, -0.15) is 0 Å². The summed E-state index contributed by atoms with van der Waals surface area (Å²) < 4.78 is 0. The Balaban J connectivity index is 0.819. The molecule has 0 amide bonds. The third-order valence-electron chi connectivity index (χ3n) is 23.8. The van der Waals surface area contributed by atoms with E-state index in [0.29, 0.717) is 0 Å². The average Bonchev–Trinajstić information content (AvgIpc) is 1.71. The molecule has 5 heteroatoms. The van der Waals surface area contributed by atoms with Crippen molar-refractivity contribution in [1.82, 2.24) is 0 Å². The van der Waals surface area contributed by atoms with Gasteiger partial charge in [0.05, 0.1) is 22.2 Å². The minimum Gasteiger partial charge on any atom is -0.371 e. The maximum Gasteiger partial charge on any atom is 0.252 e. The first-order chi connectivity index (χ1) is 48.2. The molecule has 21 rings (SSSR count). The molecule has 97 heavy (non-hydrogen) atoms. The molecule has 6 heterocycles. The molecule has 0 saturated heterocycles. The average molecular weight is 1240 g/mol. The van der Waals surface area contributed by atoms with Crippen molar-refractivity contribution in [3.05, 3.63) is 352 Å². The summed E-state index contributed by atoms with van der Waals surface area (Å²) in [5.74, 6) is 0. The van der Waals surface area contributed by atoms with Crippen LogP contribution in [0.5, 0.6) is 0 Å². The van der Waals surface area contributed by atoms with E-state index >= 15 is 0 Å². The molecule has 0 N–H and O–H groups in total. The number of para-hydroxylation sites is 2. The monoisotopic (exact) mass is 1240 g/mol. The second kappa shape index (κ2) is 21.3. The van der Waals surface area contributed by atoms with Crippen LogP contribution in [0, 0.1) is 0 Å². The predicted octanol–water partition coefficient (Wildman–Crippen LogP) is 19.2. The highest BCUT2D eigenvalue weighted by Crippen LogP contribution is 2.61. The summed E-state index contributed by atoms with van der Waals surface area (Å²) in [4.78, 5) is 11.1. The summed E-state index contributed by atoms with van der Waals surface area (Å²) in [6.45, 7) is 4.46. The zero-order valence-corrected chi connectivity index (χ0v) is 54.5. The van der Waals surface area contributed by atoms with Crippen molar-refractivity contribution >= 4 is 68.6 Å². The number of aryl methyl sites for hydroxylation is 2. The maximum atomic E-state index is 2.79. The Bertz CT molecular complexity index is 4990. The molecule has 8 aliphatic rings. The lowest BCUT2D eigenvalue weighted by Gasteiger charge is -2.49. The normalized spacial score (nSPS) is 16.4. The Morgan fingerprint density at radius 1 is 0.268 bits per heavy atom. The third kappa shape index (κ3) is 7.66. The molecule has 6 aliphatic heterocycles. The highest BCUT2D eigenvalue weighted by Gasteiger charge is 2.51. The maximum absolute atomic E-state index is 2.79. The van der Waals surface area contributed by atoms with Crippen LogP contribution in [0.15, 0.2) is 285 Å². The topological polar surface area (TPSA) is 13.0 Å². The van der Waals surface area contributed by atoms with Gasteiger partial charge in [0.1, 0.15) is 0 Å². The Hall–Kier alpha value is -10.9. The molecule has 0 unspecified atom stereocenters. The number of anilines is 8. The molecule has 0 atom stereocenters. The Labute approximate surface area is 569 Å². The zero-order valence-electron chi connectivity index (χ0n) is 54.5. The standard InChI is InChI=1S/C92H71BN4/c1-5-28-64(29-6-1)91(65-30-7-2-8-31-65)76-42-17-13-38-70(76)72-50-48-60(56-78(72)91)68-36-15-19-44-82(68)96-84-46-21-47-85-86(84)93(80-58-62-26-22-52-94-54-24-40-74(87(62)94)89(80)96)81-59-63-27-23-53-95-55-25-41-75(88(63)95)90(81)97(85)83-45-20-16-37-69(83)61-49-51-73-71-39-14-18-43-77(71)92(79(73)57-61,66-32-9-3-10-33-66)67-34-11-4-12-35-67/h1-21,28-39,42-51,56-59H,22-27,40-41,52-55H2. The van der Waals surface area contributed by atoms with E-state index in [0.717, 1.165) is 64.7 Å². The second-order valence-electron chi connectivity index (χ2n) is 28.4. The Morgan fingerprint density at radius 2 is 0.608 bits per heavy atom. The van der Waals surface area contributed by atoms with Gasteiger partial charge in [-0.25, -0.2) is 0 Å². The van der Waals surface area contributed by atoms with Crippen LogP contribution in [-0.4, -0.2) is 32.9 Å². The molecular weight excluding hydrogens is 1170 g/mol. The fraction of sp³-hybridized carbons (Fsp3) is 0.152. The van der Waals surface area contributed by atoms with E-state index in [9.17, 15) is 0 Å². The number of rotatable bonds is 8. The number of benzene rings is 13. The Morgan fingerprint density at radius 3 is 1.02 bits per heavy atom. The summed E-state index contributed by atoms with van der Waals surface area (Å²) in [5.41, 5.74) is 40.7. The molecule has 4 nitrogen and oxygen atoms in total. The summed E-state index contributed by atoms with van der Waals surface area (Å²) in [6, 6.07) is 110. The van der Waals surface area contributed by atoms with Crippen molar-refractivity contribution in [2.24, 2.45) is 0 Å². The second-order valence-corrected chi connectivity index (χ2v) is 28.4. The van der Waals surface area contributed by atoms with Crippen LogP contribution < -0.4 is 36.0 Å². The lowest BCUT2D eigenvalue weighted by Crippen LogP contribution is -2.62. The summed E-state index contributed by atoms with van der Waals surface area (Å²) >= 11 is 0. The van der Waals surface area contributed by atoms with E-state index < -0.39 is 10.8 Å². The smallest absolute Gasteiger partial charge is 0.252 e. The third-order valence-corrected chi connectivity index (χ3v) is 23.8. The van der Waals surface area contributed by atoms with Crippen molar-refractivity contribution in [3.8, 4) is 44.5 Å². The van der Waals surface area contributed by atoms with Crippen LogP contribution in [0.4, 0.5) is 45.5 Å². The van der Waals surface area contributed by atoms with Crippen LogP contribution in [0.2, 0.25) is 0 Å². The molecule has 0 aromatic heterocycles. The van der Waals surface area contributed by atoms with E-state index in [1.165, 1.54) is 186 Å². The quantitative estimate of drug-likeness (QED) is 0.141. The van der Waals surface area contributed by atoms with E-state index in [1.807, 2.05) is 0 Å². The molecule has 2 aliphatic carbocycles. The SMILES string of the molecule is c1ccc(C2(c3ccccc3)c3ccccc3-c3ccc(-c4ccccc4N4c5cccc6c5B(c5cc7c8c(c54)CCCN8CCC7)c4cc5c7c(c4N6c4ccccc4-c4ccc6c(c4)C(c4ccccc4)(c4ccccc4)c4ccccc4-6)CCCN7CCC5)cc32)cc1. The number of fused-ring (bicyclic) bond motifs is 12. The first kappa shape index (κ1) is 55.4. The summed E-state index contributed by atoms with van der Waals surface area (Å²) in [5, 5.41) is 0. The van der Waals surface area contributed by atoms with Gasteiger partial charge in [0, 0.05) is 71.4 Å². The first-order valence-corrected chi connectivity index (χ1v) is 35.7. The Kier molecular flexibility index (Phi) is 12.2. The molecule has 13 aromatic carbocycles. The number of hydrogen-bond acceptors (Lipinski definition) is 4. The van der Waals surface area contributed by atoms with Crippen molar-refractivity contribution in [2.75, 3.05) is 45.8 Å². The van der Waals surface area contributed by atoms with Crippen LogP contribution in [0.3, 0.4) is 0 Å². The molecule has 0 bridgehead atoms. The summed E-state index contributed by atoms with van der Waals surface area (Å²) in [6.07, 6.45) is 8.95. The predicted molar refractivity (Wildman–Crippen MR) is 404 cm³/mol. The van der Waals surface area contributed by atoms with E-state index in [-0.39, 0.29) is 6.71 Å². The van der Waals surface area contributed by atoms with Crippen LogP contribution >= 0.6 is 0 Å². The van der Waals surface area contributed by atoms with Gasteiger partial charge in [-0.05, 0) is 204 Å². The summed E-state index contributed by atoms with van der Waals surface area (Å²) in [7, 11) is 0. The minimum atomic E-state index is -0.532. The van der Waals surface area contributed by atoms with Gasteiger partial charge in [-0.3, -0.25) is 0 Å². The van der Waals surface area contributed by atoms with Crippen molar-refractivity contribution in [2.45, 2.75) is 62.2 Å². The molecule has 0 spiro atoms. The van der Waals surface area contributed by atoms with Crippen molar-refractivity contribution < 1.29 is 0 Å². The number of nitrogens with zero attached hydrogens (tertiary/aromatic N) is 4. The van der Waals surface area contributed by atoms with Crippen LogP contribution in [0.1, 0.15) is 92.4 Å². The van der Waals surface area contributed by atoms with Crippen molar-refractivity contribution in [1.29, 1.82) is 0 Å². The molecule has 0 radical (unpaired) electrons. The van der Waals surface area contributed by atoms with Crippen LogP contribution in [0.25, 0.3) is 44.5 Å². The van der Waals surface area contributed by atoms with Gasteiger partial charge >= 0.3 is 0 Å². The van der Waals surface area contributed by atoms with Gasteiger partial charge in [0.25, 0.3) is 6.71 Å². The van der Waals surface area contributed by atoms with Gasteiger partial charge in [0.15, 0.2) is 0 Å². The van der Waals surface area contributed by atoms with Gasteiger partial charge in [-0.1, -0.05) is 249 Å². The van der Waals surface area contributed by atoms with Crippen molar-refractivity contribution in [3.63, 3.8) is 0 Å². The van der Waals surface area contributed by atoms with Gasteiger partial charge < -0.3 is 19.6 Å². The van der Waals surface area contributed by atoms with Crippen LogP contribution in [-0.2, 0) is 36.5 Å². The molecule has 0 fully saturated rings. The fourth-order valence-corrected chi connectivity index (χ4v) is 20.2. The minimum absolute atomic E-state index is 0.00690. The lowest BCUT2D eigenvalue weighted by molar-refractivity contribution is 0.634. The lowest BCUT2D eigenvalue weighted by atomic mass is 9.32. The first-order valence-electron chi connectivity index (χ1n) is 35.7. The number of hydrogen-bond donors (Lipinski definition) is 0. The molecule has 462 valence electrons. The van der Waals surface area contributed by atoms with E-state index in [1.54, 1.807) is 0 Å². The zero-order chi connectivity index (χ0) is 63.5. The largest absolute Gasteiger partial charge is 0.371 e. The molecule has 0 saturated carbocycles. The highest BCUT2D eigenvalue weighted by molar-refractivity contribution is 7.00. The van der Waals surface area contributed by atoms with E-state index in [2.05, 4.69) is 305 Å². The molecular formula is C92H71BN4.